The number of methoxy groups -OCH3 is 1. The van der Waals surface area contributed by atoms with Crippen molar-refractivity contribution in [1.29, 1.82) is 0 Å². The second-order valence-electron chi connectivity index (χ2n) is 7.69. The van der Waals surface area contributed by atoms with E-state index in [2.05, 4.69) is 32.6 Å². The van der Waals surface area contributed by atoms with E-state index < -0.39 is 0 Å². The van der Waals surface area contributed by atoms with Crippen molar-refractivity contribution >= 4 is 16.9 Å². The highest BCUT2D eigenvalue weighted by Crippen LogP contribution is 2.24. The van der Waals surface area contributed by atoms with E-state index in [1.807, 2.05) is 0 Å². The maximum absolute atomic E-state index is 13.1. The number of nitrogens with zero attached hydrogens (tertiary/aromatic N) is 3. The van der Waals surface area contributed by atoms with Gasteiger partial charge in [-0.2, -0.15) is 15.4 Å². The molecule has 1 fully saturated rings. The lowest BCUT2D eigenvalue weighted by Gasteiger charge is -2.28. The number of fused-ring (bicyclic) bond motifs is 1. The van der Waals surface area contributed by atoms with Crippen LogP contribution in [0.25, 0.3) is 11.0 Å². The average Bonchev–Trinajstić information content (AvgIpc) is 3.16. The minimum Gasteiger partial charge on any atom is -0.496 e. The lowest BCUT2D eigenvalue weighted by molar-refractivity contribution is 0.0917. The van der Waals surface area contributed by atoms with E-state index in [0.717, 1.165) is 32.5 Å². The van der Waals surface area contributed by atoms with Crippen molar-refractivity contribution in [1.82, 2.24) is 25.6 Å². The summed E-state index contributed by atoms with van der Waals surface area (Å²) >= 11 is 0. The Kier molecular flexibility index (Phi) is 7.65. The summed E-state index contributed by atoms with van der Waals surface area (Å²) in [5, 5.41) is 14.0. The molecule has 0 bridgehead atoms. The number of ether oxygens (including phenoxy) is 1. The summed E-state index contributed by atoms with van der Waals surface area (Å²) in [6.07, 6.45) is 9.94. The van der Waals surface area contributed by atoms with Gasteiger partial charge in [-0.1, -0.05) is 45.4 Å². The van der Waals surface area contributed by atoms with Crippen LogP contribution in [0, 0.1) is 0 Å². The fraction of sp³-hybridized carbons (Fsp3) is 0.667. The van der Waals surface area contributed by atoms with Crippen LogP contribution in [0.15, 0.2) is 12.1 Å². The normalized spacial score (nSPS) is 20.3. The fourth-order valence-corrected chi connectivity index (χ4v) is 3.99. The number of hydrogen-bond donors (Lipinski definition) is 2. The SMILES string of the molecule is CCN1CCCCCCCCCC(NC(=O)c2cc3n[nH]nc3cc2OC)C1. The fourth-order valence-electron chi connectivity index (χ4n) is 3.99. The van der Waals surface area contributed by atoms with E-state index in [1.165, 1.54) is 38.5 Å². The third kappa shape index (κ3) is 5.44. The Balaban J connectivity index is 1.73. The predicted octanol–water partition coefficient (Wildman–Crippen LogP) is 3.52. The first-order chi connectivity index (χ1) is 13.7. The molecule has 7 heteroatoms. The minimum atomic E-state index is -0.102. The zero-order valence-corrected chi connectivity index (χ0v) is 17.2. The van der Waals surface area contributed by atoms with Crippen molar-refractivity contribution < 1.29 is 9.53 Å². The van der Waals surface area contributed by atoms with Gasteiger partial charge >= 0.3 is 0 Å². The molecular formula is C21H33N5O2. The average molecular weight is 388 g/mol. The second-order valence-corrected chi connectivity index (χ2v) is 7.69. The van der Waals surface area contributed by atoms with Gasteiger partial charge in [-0.25, -0.2) is 0 Å². The number of hydrogen-bond acceptors (Lipinski definition) is 5. The number of amides is 1. The Morgan fingerprint density at radius 3 is 2.54 bits per heavy atom. The van der Waals surface area contributed by atoms with Gasteiger partial charge in [-0.05, 0) is 32.0 Å². The van der Waals surface area contributed by atoms with Gasteiger partial charge in [-0.15, -0.1) is 0 Å². The van der Waals surface area contributed by atoms with Crippen LogP contribution in [0.5, 0.6) is 5.75 Å². The van der Waals surface area contributed by atoms with Gasteiger partial charge in [-0.3, -0.25) is 4.79 Å². The molecule has 0 aliphatic carbocycles. The monoisotopic (exact) mass is 387 g/mol. The molecule has 2 heterocycles. The molecule has 1 aromatic heterocycles. The molecule has 0 radical (unpaired) electrons. The zero-order valence-electron chi connectivity index (χ0n) is 17.2. The number of rotatable bonds is 4. The van der Waals surface area contributed by atoms with Crippen molar-refractivity contribution in [3.63, 3.8) is 0 Å². The number of carbonyl (C=O) groups excluding carboxylic acids is 1. The minimum absolute atomic E-state index is 0.102. The van der Waals surface area contributed by atoms with Crippen molar-refractivity contribution in [2.24, 2.45) is 0 Å². The number of H-pyrrole nitrogens is 1. The zero-order chi connectivity index (χ0) is 19.8. The number of carbonyl (C=O) groups is 1. The molecule has 2 N–H and O–H groups in total. The third-order valence-electron chi connectivity index (χ3n) is 5.67. The maximum atomic E-state index is 13.1. The van der Waals surface area contributed by atoms with Crippen molar-refractivity contribution in [2.75, 3.05) is 26.7 Å². The Morgan fingerprint density at radius 1 is 1.14 bits per heavy atom. The molecule has 0 spiro atoms. The summed E-state index contributed by atoms with van der Waals surface area (Å²) in [5.41, 5.74) is 1.87. The molecule has 28 heavy (non-hydrogen) atoms. The number of benzene rings is 1. The topological polar surface area (TPSA) is 83.1 Å². The highest BCUT2D eigenvalue weighted by molar-refractivity contribution is 6.00. The first-order valence-electron chi connectivity index (χ1n) is 10.6. The molecule has 1 aliphatic heterocycles. The van der Waals surface area contributed by atoms with Crippen molar-refractivity contribution in [3.05, 3.63) is 17.7 Å². The molecule has 0 saturated carbocycles. The summed E-state index contributed by atoms with van der Waals surface area (Å²) < 4.78 is 5.43. The summed E-state index contributed by atoms with van der Waals surface area (Å²) in [5.74, 6) is 0.425. The molecule has 1 amide bonds. The quantitative estimate of drug-likeness (QED) is 0.839. The van der Waals surface area contributed by atoms with E-state index in [1.54, 1.807) is 19.2 Å². The summed E-state index contributed by atoms with van der Waals surface area (Å²) in [6.45, 7) is 5.22. The Bertz CT molecular complexity index is 760. The number of aromatic nitrogens is 3. The van der Waals surface area contributed by atoms with Gasteiger partial charge < -0.3 is 15.0 Å². The first-order valence-corrected chi connectivity index (χ1v) is 10.6. The van der Waals surface area contributed by atoms with Gasteiger partial charge in [0.25, 0.3) is 5.91 Å². The van der Waals surface area contributed by atoms with Crippen LogP contribution >= 0.6 is 0 Å². The Labute approximate surface area is 167 Å². The van der Waals surface area contributed by atoms with E-state index in [0.29, 0.717) is 22.3 Å². The summed E-state index contributed by atoms with van der Waals surface area (Å²) in [7, 11) is 1.58. The molecule has 1 atom stereocenters. The lowest BCUT2D eigenvalue weighted by Crippen LogP contribution is -2.44. The van der Waals surface area contributed by atoms with Crippen LogP contribution in [-0.2, 0) is 0 Å². The van der Waals surface area contributed by atoms with Gasteiger partial charge in [0.05, 0.1) is 12.7 Å². The lowest BCUT2D eigenvalue weighted by atomic mass is 10.0. The molecule has 3 rings (SSSR count). The van der Waals surface area contributed by atoms with Gasteiger partial charge in [0, 0.05) is 18.7 Å². The molecule has 1 unspecified atom stereocenters. The van der Waals surface area contributed by atoms with Crippen LogP contribution in [0.2, 0.25) is 0 Å². The molecule has 154 valence electrons. The molecule has 1 aromatic carbocycles. The summed E-state index contributed by atoms with van der Waals surface area (Å²) in [6, 6.07) is 3.65. The summed E-state index contributed by atoms with van der Waals surface area (Å²) in [4.78, 5) is 15.5. The molecule has 1 aliphatic rings. The predicted molar refractivity (Wildman–Crippen MR) is 111 cm³/mol. The van der Waals surface area contributed by atoms with Crippen molar-refractivity contribution in [2.45, 2.75) is 64.3 Å². The maximum Gasteiger partial charge on any atom is 0.255 e. The molecule has 1 saturated heterocycles. The van der Waals surface area contributed by atoms with Crippen molar-refractivity contribution in [3.8, 4) is 5.75 Å². The van der Waals surface area contributed by atoms with Gasteiger partial charge in [0.15, 0.2) is 0 Å². The van der Waals surface area contributed by atoms with E-state index >= 15 is 0 Å². The molecule has 2 aromatic rings. The molecule has 7 nitrogen and oxygen atoms in total. The van der Waals surface area contributed by atoms with E-state index in [9.17, 15) is 4.79 Å². The van der Waals surface area contributed by atoms with Crippen LogP contribution in [0.1, 0.15) is 68.6 Å². The Morgan fingerprint density at radius 2 is 1.82 bits per heavy atom. The van der Waals surface area contributed by atoms with Gasteiger partial charge in [0.1, 0.15) is 16.8 Å². The van der Waals surface area contributed by atoms with Crippen LogP contribution < -0.4 is 10.1 Å². The number of likely N-dealkylation sites (N-methyl/N-ethyl adjacent to an activating group) is 1. The second kappa shape index (κ2) is 10.4. The van der Waals surface area contributed by atoms with Crippen LogP contribution in [0.3, 0.4) is 0 Å². The van der Waals surface area contributed by atoms with E-state index in [4.69, 9.17) is 4.74 Å². The third-order valence-corrected chi connectivity index (χ3v) is 5.67. The molecular weight excluding hydrogens is 354 g/mol. The van der Waals surface area contributed by atoms with E-state index in [-0.39, 0.29) is 11.9 Å². The smallest absolute Gasteiger partial charge is 0.255 e. The highest BCUT2D eigenvalue weighted by Gasteiger charge is 2.20. The first kappa shape index (κ1) is 20.6. The largest absolute Gasteiger partial charge is 0.496 e. The standard InChI is InChI=1S/C21H33N5O2/c1-3-26-12-10-8-6-4-5-7-9-11-16(15-26)22-21(27)17-13-18-19(24-25-23-18)14-20(17)28-2/h13-14,16H,3-12,15H2,1-2H3,(H,22,27)(H,23,24,25). The van der Waals surface area contributed by atoms with Gasteiger partial charge in [0.2, 0.25) is 0 Å². The number of nitrogens with one attached hydrogen (secondary N) is 2. The van der Waals surface area contributed by atoms with Crippen LogP contribution in [-0.4, -0.2) is 59.0 Å². The van der Waals surface area contributed by atoms with Crippen LogP contribution in [0.4, 0.5) is 0 Å². The number of aromatic amines is 1. The Hall–Kier alpha value is -2.15. The highest BCUT2D eigenvalue weighted by atomic mass is 16.5.